The van der Waals surface area contributed by atoms with Gasteiger partial charge in [0, 0.05) is 29.7 Å². The summed E-state index contributed by atoms with van der Waals surface area (Å²) in [7, 11) is 1.62. The summed E-state index contributed by atoms with van der Waals surface area (Å²) in [6.45, 7) is 7.41. The third kappa shape index (κ3) is 5.53. The molecule has 182 valence electrons. The normalized spacial score (nSPS) is 18.7. The molecule has 0 aliphatic carbocycles. The SMILES string of the molecule is CCC1CCCN(CCCOc2cc3c(Nc4ccc(F)c(Cl)c4)ncnc3cc2OC)C1C. The number of nitrogens with zero attached hydrogens (tertiary/aromatic N) is 3. The zero-order valence-corrected chi connectivity index (χ0v) is 20.7. The highest BCUT2D eigenvalue weighted by molar-refractivity contribution is 6.31. The summed E-state index contributed by atoms with van der Waals surface area (Å²) in [5.41, 5.74) is 1.34. The monoisotopic (exact) mass is 486 g/mol. The quantitative estimate of drug-likeness (QED) is 0.350. The standard InChI is InChI=1S/C26H32ClFN4O2/c1-4-18-7-5-10-32(17(18)2)11-6-12-34-25-14-20-23(15-24(25)33-3)29-16-30-26(20)31-19-8-9-22(28)21(27)13-19/h8-9,13-18H,4-7,10-12H2,1-3H3,(H,29,30,31). The van der Waals surface area contributed by atoms with Crippen molar-refractivity contribution in [1.29, 1.82) is 0 Å². The van der Waals surface area contributed by atoms with Crippen LogP contribution in [0.3, 0.4) is 0 Å². The van der Waals surface area contributed by atoms with Crippen LogP contribution in [0, 0.1) is 11.7 Å². The molecule has 2 aromatic carbocycles. The molecule has 1 N–H and O–H groups in total. The molecule has 4 rings (SSSR count). The van der Waals surface area contributed by atoms with E-state index < -0.39 is 5.82 Å². The number of hydrogen-bond acceptors (Lipinski definition) is 6. The van der Waals surface area contributed by atoms with E-state index in [2.05, 4.69) is 34.0 Å². The lowest BCUT2D eigenvalue weighted by Gasteiger charge is -2.39. The number of ether oxygens (including phenoxy) is 2. The maximum absolute atomic E-state index is 13.5. The maximum atomic E-state index is 13.5. The number of likely N-dealkylation sites (tertiary alicyclic amines) is 1. The second-order valence-corrected chi connectivity index (χ2v) is 9.19. The minimum absolute atomic E-state index is 0.0438. The van der Waals surface area contributed by atoms with E-state index in [4.69, 9.17) is 21.1 Å². The summed E-state index contributed by atoms with van der Waals surface area (Å²) in [6.07, 6.45) is 6.26. The van der Waals surface area contributed by atoms with Crippen LogP contribution in [0.15, 0.2) is 36.7 Å². The molecule has 0 spiro atoms. The molecule has 1 fully saturated rings. The number of anilines is 2. The summed E-state index contributed by atoms with van der Waals surface area (Å²) >= 11 is 5.93. The molecule has 1 aromatic heterocycles. The van der Waals surface area contributed by atoms with Crippen molar-refractivity contribution < 1.29 is 13.9 Å². The van der Waals surface area contributed by atoms with Crippen molar-refractivity contribution in [2.45, 2.75) is 45.6 Å². The molecule has 1 aliphatic rings. The number of aromatic nitrogens is 2. The van der Waals surface area contributed by atoms with Crippen molar-refractivity contribution in [3.63, 3.8) is 0 Å². The van der Waals surface area contributed by atoms with Gasteiger partial charge in [-0.1, -0.05) is 24.9 Å². The molecule has 3 aromatic rings. The van der Waals surface area contributed by atoms with Gasteiger partial charge in [0.2, 0.25) is 0 Å². The minimum Gasteiger partial charge on any atom is -0.493 e. The number of methoxy groups -OCH3 is 1. The molecule has 0 amide bonds. The second-order valence-electron chi connectivity index (χ2n) is 8.79. The van der Waals surface area contributed by atoms with Crippen molar-refractivity contribution in [3.05, 3.63) is 47.5 Å². The van der Waals surface area contributed by atoms with Crippen LogP contribution in [0.2, 0.25) is 5.02 Å². The van der Waals surface area contributed by atoms with Crippen LogP contribution < -0.4 is 14.8 Å². The van der Waals surface area contributed by atoms with Gasteiger partial charge in [0.25, 0.3) is 0 Å². The summed E-state index contributed by atoms with van der Waals surface area (Å²) in [4.78, 5) is 11.3. The van der Waals surface area contributed by atoms with Crippen LogP contribution in [0.25, 0.3) is 10.9 Å². The molecule has 2 unspecified atom stereocenters. The number of rotatable bonds is 9. The number of hydrogen-bond donors (Lipinski definition) is 1. The maximum Gasteiger partial charge on any atom is 0.162 e. The third-order valence-corrected chi connectivity index (χ3v) is 7.04. The van der Waals surface area contributed by atoms with E-state index >= 15 is 0 Å². The van der Waals surface area contributed by atoms with Gasteiger partial charge in [-0.2, -0.15) is 0 Å². The Kier molecular flexibility index (Phi) is 8.06. The second kappa shape index (κ2) is 11.2. The van der Waals surface area contributed by atoms with E-state index in [9.17, 15) is 4.39 Å². The van der Waals surface area contributed by atoms with Crippen LogP contribution in [0.1, 0.15) is 39.5 Å². The number of halogens is 2. The van der Waals surface area contributed by atoms with Gasteiger partial charge in [-0.05, 0) is 62.9 Å². The lowest BCUT2D eigenvalue weighted by molar-refractivity contribution is 0.0959. The summed E-state index contributed by atoms with van der Waals surface area (Å²) in [5.74, 6) is 2.16. The first-order chi connectivity index (χ1) is 16.5. The van der Waals surface area contributed by atoms with Gasteiger partial charge < -0.3 is 19.7 Å². The van der Waals surface area contributed by atoms with E-state index in [1.165, 1.54) is 37.7 Å². The Morgan fingerprint density at radius 1 is 1.21 bits per heavy atom. The van der Waals surface area contributed by atoms with Crippen LogP contribution in [-0.4, -0.2) is 47.7 Å². The van der Waals surface area contributed by atoms with Crippen LogP contribution in [-0.2, 0) is 0 Å². The lowest BCUT2D eigenvalue weighted by Crippen LogP contribution is -2.43. The summed E-state index contributed by atoms with van der Waals surface area (Å²) in [6, 6.07) is 8.81. The zero-order chi connectivity index (χ0) is 24.1. The highest BCUT2D eigenvalue weighted by Gasteiger charge is 2.26. The zero-order valence-electron chi connectivity index (χ0n) is 20.0. The van der Waals surface area contributed by atoms with Gasteiger partial charge in [0.05, 0.1) is 24.3 Å². The molecular weight excluding hydrogens is 455 g/mol. The number of piperidine rings is 1. The van der Waals surface area contributed by atoms with Crippen molar-refractivity contribution in [3.8, 4) is 11.5 Å². The Morgan fingerprint density at radius 3 is 2.82 bits per heavy atom. The fraction of sp³-hybridized carbons (Fsp3) is 0.462. The molecular formula is C26H32ClFN4O2. The average Bonchev–Trinajstić information content (AvgIpc) is 2.84. The van der Waals surface area contributed by atoms with Gasteiger partial charge in [0.15, 0.2) is 11.5 Å². The highest BCUT2D eigenvalue weighted by Crippen LogP contribution is 2.35. The Labute approximate surface area is 205 Å². The average molecular weight is 487 g/mol. The largest absolute Gasteiger partial charge is 0.493 e. The fourth-order valence-electron chi connectivity index (χ4n) is 4.76. The van der Waals surface area contributed by atoms with Gasteiger partial charge in [0.1, 0.15) is 18.0 Å². The fourth-order valence-corrected chi connectivity index (χ4v) is 4.94. The molecule has 2 atom stereocenters. The molecule has 0 radical (unpaired) electrons. The first kappa shape index (κ1) is 24.5. The number of nitrogens with one attached hydrogen (secondary N) is 1. The Hall–Kier alpha value is -2.64. The van der Waals surface area contributed by atoms with Crippen molar-refractivity contribution in [2.24, 2.45) is 5.92 Å². The van der Waals surface area contributed by atoms with E-state index in [0.29, 0.717) is 41.2 Å². The van der Waals surface area contributed by atoms with E-state index in [1.54, 1.807) is 13.2 Å². The van der Waals surface area contributed by atoms with Crippen LogP contribution in [0.4, 0.5) is 15.9 Å². The first-order valence-corrected chi connectivity index (χ1v) is 12.3. The van der Waals surface area contributed by atoms with E-state index in [-0.39, 0.29) is 5.02 Å². The van der Waals surface area contributed by atoms with E-state index in [0.717, 1.165) is 30.8 Å². The van der Waals surface area contributed by atoms with Crippen molar-refractivity contribution in [1.82, 2.24) is 14.9 Å². The lowest BCUT2D eigenvalue weighted by atomic mass is 9.88. The van der Waals surface area contributed by atoms with Crippen molar-refractivity contribution in [2.75, 3.05) is 32.1 Å². The number of benzene rings is 2. The first-order valence-electron chi connectivity index (χ1n) is 11.9. The van der Waals surface area contributed by atoms with Gasteiger partial charge in [-0.15, -0.1) is 0 Å². The van der Waals surface area contributed by atoms with Crippen LogP contribution >= 0.6 is 11.6 Å². The molecule has 6 nitrogen and oxygen atoms in total. The van der Waals surface area contributed by atoms with Crippen molar-refractivity contribution >= 4 is 34.0 Å². The van der Waals surface area contributed by atoms with Crippen LogP contribution in [0.5, 0.6) is 11.5 Å². The Balaban J connectivity index is 1.47. The predicted molar refractivity (Wildman–Crippen MR) is 135 cm³/mol. The minimum atomic E-state index is -0.468. The third-order valence-electron chi connectivity index (χ3n) is 6.75. The van der Waals surface area contributed by atoms with Gasteiger partial charge >= 0.3 is 0 Å². The number of fused-ring (bicyclic) bond motifs is 1. The molecule has 34 heavy (non-hydrogen) atoms. The summed E-state index contributed by atoms with van der Waals surface area (Å²) < 4.78 is 25.2. The molecule has 0 bridgehead atoms. The Bertz CT molecular complexity index is 1130. The smallest absolute Gasteiger partial charge is 0.162 e. The van der Waals surface area contributed by atoms with E-state index in [1.807, 2.05) is 12.1 Å². The predicted octanol–water partition coefficient (Wildman–Crippen LogP) is 6.45. The molecule has 1 saturated heterocycles. The Morgan fingerprint density at radius 2 is 2.06 bits per heavy atom. The topological polar surface area (TPSA) is 59.5 Å². The molecule has 1 aliphatic heterocycles. The van der Waals surface area contributed by atoms with Gasteiger partial charge in [-0.25, -0.2) is 14.4 Å². The highest BCUT2D eigenvalue weighted by atomic mass is 35.5. The molecule has 2 heterocycles. The molecule has 0 saturated carbocycles. The molecule has 8 heteroatoms. The summed E-state index contributed by atoms with van der Waals surface area (Å²) in [5, 5.41) is 4.02. The van der Waals surface area contributed by atoms with Gasteiger partial charge in [-0.3, -0.25) is 0 Å².